The van der Waals surface area contributed by atoms with Gasteiger partial charge in [0, 0.05) is 25.0 Å². The molecule has 0 aliphatic carbocycles. The van der Waals surface area contributed by atoms with Crippen LogP contribution in [0.25, 0.3) is 0 Å². The van der Waals surface area contributed by atoms with Crippen molar-refractivity contribution in [2.24, 2.45) is 0 Å². The predicted octanol–water partition coefficient (Wildman–Crippen LogP) is 3.52. The number of amides is 1. The number of hydrogen-bond donors (Lipinski definition) is 2. The summed E-state index contributed by atoms with van der Waals surface area (Å²) in [7, 11) is 0. The molecule has 0 saturated carbocycles. The molecule has 0 saturated heterocycles. The molecule has 3 rings (SSSR count). The van der Waals surface area contributed by atoms with Gasteiger partial charge in [0.25, 0.3) is 5.91 Å². The Balaban J connectivity index is 1.69. The minimum absolute atomic E-state index is 0.00564. The number of anilines is 2. The van der Waals surface area contributed by atoms with Gasteiger partial charge in [0.2, 0.25) is 0 Å². The molecule has 1 aromatic carbocycles. The van der Waals surface area contributed by atoms with Gasteiger partial charge in [-0.25, -0.2) is 9.97 Å². The minimum Gasteiger partial charge on any atom is -0.489 e. The van der Waals surface area contributed by atoms with E-state index in [0.29, 0.717) is 23.8 Å². The van der Waals surface area contributed by atoms with E-state index in [1.807, 2.05) is 44.2 Å². The van der Waals surface area contributed by atoms with Crippen LogP contribution < -0.4 is 15.4 Å². The average molecular weight is 363 g/mol. The Morgan fingerprint density at radius 2 is 1.89 bits per heavy atom. The number of rotatable bonds is 7. The molecule has 0 bridgehead atoms. The first-order valence-electron chi connectivity index (χ1n) is 8.63. The smallest absolute Gasteiger partial charge is 0.274 e. The van der Waals surface area contributed by atoms with Crippen molar-refractivity contribution in [2.75, 3.05) is 10.6 Å². The lowest BCUT2D eigenvalue weighted by Gasteiger charge is -2.14. The summed E-state index contributed by atoms with van der Waals surface area (Å²) < 4.78 is 5.73. The number of carbonyl (C=O) groups is 1. The summed E-state index contributed by atoms with van der Waals surface area (Å²) >= 11 is 0. The van der Waals surface area contributed by atoms with Gasteiger partial charge >= 0.3 is 0 Å². The molecule has 0 unspecified atom stereocenters. The van der Waals surface area contributed by atoms with Crippen LogP contribution in [-0.2, 0) is 6.54 Å². The third-order valence-electron chi connectivity index (χ3n) is 3.62. The third kappa shape index (κ3) is 5.24. The number of pyridine rings is 1. The minimum atomic E-state index is -0.329. The highest BCUT2D eigenvalue weighted by Gasteiger charge is 2.12. The summed E-state index contributed by atoms with van der Waals surface area (Å²) in [5, 5.41) is 6.02. The van der Waals surface area contributed by atoms with Crippen molar-refractivity contribution < 1.29 is 9.53 Å². The summed E-state index contributed by atoms with van der Waals surface area (Å²) in [6.07, 6.45) is 4.82. The molecule has 2 N–H and O–H groups in total. The van der Waals surface area contributed by atoms with E-state index in [0.717, 1.165) is 5.56 Å². The van der Waals surface area contributed by atoms with Gasteiger partial charge in [0.05, 0.1) is 11.8 Å². The number of hydrogen-bond acceptors (Lipinski definition) is 6. The van der Waals surface area contributed by atoms with Crippen molar-refractivity contribution in [3.63, 3.8) is 0 Å². The average Bonchev–Trinajstić information content (AvgIpc) is 2.68. The van der Waals surface area contributed by atoms with E-state index in [4.69, 9.17) is 4.74 Å². The summed E-state index contributed by atoms with van der Waals surface area (Å²) in [5.74, 6) is 0.855. The monoisotopic (exact) mass is 363 g/mol. The van der Waals surface area contributed by atoms with Crippen LogP contribution in [0.2, 0.25) is 0 Å². The van der Waals surface area contributed by atoms with E-state index in [-0.39, 0.29) is 17.7 Å². The lowest BCUT2D eigenvalue weighted by atomic mass is 10.2. The Labute approximate surface area is 157 Å². The van der Waals surface area contributed by atoms with E-state index in [1.54, 1.807) is 24.5 Å². The molecule has 0 aliphatic rings. The van der Waals surface area contributed by atoms with Crippen LogP contribution >= 0.6 is 0 Å². The summed E-state index contributed by atoms with van der Waals surface area (Å²) in [6, 6.07) is 12.7. The number of aromatic nitrogens is 3. The molecule has 0 spiro atoms. The Hall–Kier alpha value is -3.48. The number of nitrogens with one attached hydrogen (secondary N) is 2. The molecule has 0 fully saturated rings. The first-order valence-corrected chi connectivity index (χ1v) is 8.63. The van der Waals surface area contributed by atoms with E-state index < -0.39 is 0 Å². The summed E-state index contributed by atoms with van der Waals surface area (Å²) in [6.45, 7) is 4.44. The van der Waals surface area contributed by atoms with E-state index >= 15 is 0 Å². The second-order valence-electron chi connectivity index (χ2n) is 6.11. The summed E-state index contributed by atoms with van der Waals surface area (Å²) in [5.41, 5.74) is 1.93. The maximum absolute atomic E-state index is 12.6. The van der Waals surface area contributed by atoms with Gasteiger partial charge in [-0.2, -0.15) is 0 Å². The highest BCUT2D eigenvalue weighted by atomic mass is 16.5. The van der Waals surface area contributed by atoms with Gasteiger partial charge < -0.3 is 15.4 Å². The SMILES string of the molecule is CC(C)Oc1ccccc1NC(=O)c1cc(NCc2ccncc2)ncn1. The molecule has 3 aromatic rings. The first kappa shape index (κ1) is 18.3. The molecule has 27 heavy (non-hydrogen) atoms. The lowest BCUT2D eigenvalue weighted by molar-refractivity contribution is 0.102. The second kappa shape index (κ2) is 8.75. The molecule has 7 nitrogen and oxygen atoms in total. The van der Waals surface area contributed by atoms with Gasteiger partial charge in [-0.1, -0.05) is 12.1 Å². The number of para-hydroxylation sites is 2. The van der Waals surface area contributed by atoms with Gasteiger partial charge in [-0.05, 0) is 43.7 Å². The zero-order chi connectivity index (χ0) is 19.1. The highest BCUT2D eigenvalue weighted by Crippen LogP contribution is 2.25. The molecule has 0 radical (unpaired) electrons. The molecule has 2 heterocycles. The Bertz CT molecular complexity index is 900. The number of carbonyl (C=O) groups excluding carboxylic acids is 1. The zero-order valence-electron chi connectivity index (χ0n) is 15.2. The maximum atomic E-state index is 12.6. The van der Waals surface area contributed by atoms with Crippen molar-refractivity contribution in [1.29, 1.82) is 0 Å². The normalized spacial score (nSPS) is 10.5. The standard InChI is InChI=1S/C20H21N5O2/c1-14(2)27-18-6-4-3-5-16(18)25-20(26)17-11-19(24-13-23-17)22-12-15-7-9-21-10-8-15/h3-11,13-14H,12H2,1-2H3,(H,25,26)(H,22,23,24). The van der Waals surface area contributed by atoms with E-state index in [1.165, 1.54) is 6.33 Å². The maximum Gasteiger partial charge on any atom is 0.274 e. The lowest BCUT2D eigenvalue weighted by Crippen LogP contribution is -2.16. The van der Waals surface area contributed by atoms with Gasteiger partial charge in [-0.3, -0.25) is 9.78 Å². The van der Waals surface area contributed by atoms with Crippen molar-refractivity contribution >= 4 is 17.4 Å². The topological polar surface area (TPSA) is 89.0 Å². The van der Waals surface area contributed by atoms with Crippen LogP contribution in [0.1, 0.15) is 29.9 Å². The second-order valence-corrected chi connectivity index (χ2v) is 6.11. The number of nitrogens with zero attached hydrogens (tertiary/aromatic N) is 3. The van der Waals surface area contributed by atoms with Crippen molar-refractivity contribution in [3.8, 4) is 5.75 Å². The van der Waals surface area contributed by atoms with E-state index in [2.05, 4.69) is 25.6 Å². The van der Waals surface area contributed by atoms with Crippen molar-refractivity contribution in [1.82, 2.24) is 15.0 Å². The van der Waals surface area contributed by atoms with Crippen molar-refractivity contribution in [3.05, 3.63) is 72.4 Å². The Morgan fingerprint density at radius 1 is 1.11 bits per heavy atom. The van der Waals surface area contributed by atoms with Gasteiger partial charge in [-0.15, -0.1) is 0 Å². The highest BCUT2D eigenvalue weighted by molar-refractivity contribution is 6.04. The van der Waals surface area contributed by atoms with Crippen LogP contribution in [0.5, 0.6) is 5.75 Å². The van der Waals surface area contributed by atoms with Crippen LogP contribution in [0.4, 0.5) is 11.5 Å². The molecular weight excluding hydrogens is 342 g/mol. The predicted molar refractivity (Wildman–Crippen MR) is 104 cm³/mol. The zero-order valence-corrected chi connectivity index (χ0v) is 15.2. The molecular formula is C20H21N5O2. The fraction of sp³-hybridized carbons (Fsp3) is 0.200. The van der Waals surface area contributed by atoms with Crippen LogP contribution in [0.15, 0.2) is 61.2 Å². The number of benzene rings is 1. The Kier molecular flexibility index (Phi) is 5.94. The molecule has 2 aromatic heterocycles. The fourth-order valence-electron chi connectivity index (χ4n) is 2.38. The fourth-order valence-corrected chi connectivity index (χ4v) is 2.38. The molecule has 0 aliphatic heterocycles. The van der Waals surface area contributed by atoms with Gasteiger partial charge in [0.15, 0.2) is 0 Å². The van der Waals surface area contributed by atoms with Crippen LogP contribution in [-0.4, -0.2) is 27.0 Å². The quantitative estimate of drug-likeness (QED) is 0.668. The van der Waals surface area contributed by atoms with Gasteiger partial charge in [0.1, 0.15) is 23.6 Å². The molecule has 0 atom stereocenters. The molecule has 138 valence electrons. The van der Waals surface area contributed by atoms with E-state index in [9.17, 15) is 4.79 Å². The summed E-state index contributed by atoms with van der Waals surface area (Å²) in [4.78, 5) is 24.8. The van der Waals surface area contributed by atoms with Crippen molar-refractivity contribution in [2.45, 2.75) is 26.5 Å². The van der Waals surface area contributed by atoms with Crippen LogP contribution in [0, 0.1) is 0 Å². The third-order valence-corrected chi connectivity index (χ3v) is 3.62. The Morgan fingerprint density at radius 3 is 2.67 bits per heavy atom. The number of ether oxygens (including phenoxy) is 1. The molecule has 7 heteroatoms. The molecule has 1 amide bonds. The first-order chi connectivity index (χ1) is 13.1. The largest absolute Gasteiger partial charge is 0.489 e. The van der Waals surface area contributed by atoms with Crippen LogP contribution in [0.3, 0.4) is 0 Å².